The molecule has 59 heavy (non-hydrogen) atoms. The Morgan fingerprint density at radius 2 is 1.71 bits per heavy atom. The van der Waals surface area contributed by atoms with Crippen molar-refractivity contribution in [3.63, 3.8) is 0 Å². The molecule has 0 atom stereocenters. The topological polar surface area (TPSA) is 116 Å². The van der Waals surface area contributed by atoms with E-state index in [4.69, 9.17) is 32.7 Å². The molecular formula is C46H51Cl2N5O5S. The van der Waals surface area contributed by atoms with Crippen molar-refractivity contribution in [3.05, 3.63) is 118 Å². The first-order chi connectivity index (χ1) is 28.4. The number of hydrogen-bond acceptors (Lipinski definition) is 8. The normalized spacial score (nSPS) is 17.9. The number of nitrogens with one attached hydrogen (secondary N) is 3. The molecule has 0 bridgehead atoms. The van der Waals surface area contributed by atoms with Gasteiger partial charge in [-0.25, -0.2) is 13.1 Å². The maximum absolute atomic E-state index is 13.9. The Bertz CT molecular complexity index is 2450. The average Bonchev–Trinajstić information content (AvgIpc) is 3.69. The van der Waals surface area contributed by atoms with Crippen LogP contribution in [0.15, 0.2) is 102 Å². The molecule has 0 saturated carbocycles. The molecule has 0 radical (unpaired) electrons. The van der Waals surface area contributed by atoms with Gasteiger partial charge in [-0.1, -0.05) is 54.8 Å². The molecule has 8 rings (SSSR count). The van der Waals surface area contributed by atoms with Crippen molar-refractivity contribution in [3.8, 4) is 11.5 Å². The molecule has 2 saturated heterocycles. The number of rotatable bonds is 12. The molecule has 1 amide bonds. The number of aromatic nitrogens is 1. The predicted octanol–water partition coefficient (Wildman–Crippen LogP) is 10.0. The minimum Gasteiger partial charge on any atom is -0.456 e. The van der Waals surface area contributed by atoms with Crippen molar-refractivity contribution in [2.45, 2.75) is 50.8 Å². The molecule has 5 aromatic rings. The second kappa shape index (κ2) is 17.6. The Balaban J connectivity index is 0.988. The van der Waals surface area contributed by atoms with Crippen LogP contribution in [0.2, 0.25) is 10.0 Å². The van der Waals surface area contributed by atoms with Gasteiger partial charge in [0, 0.05) is 92.0 Å². The zero-order chi connectivity index (χ0) is 41.1. The van der Waals surface area contributed by atoms with Gasteiger partial charge in [-0.3, -0.25) is 9.69 Å². The summed E-state index contributed by atoms with van der Waals surface area (Å²) in [6, 6.07) is 25.8. The first-order valence-corrected chi connectivity index (χ1v) is 22.6. The molecule has 10 nitrogen and oxygen atoms in total. The smallest absolute Gasteiger partial charge is 0.268 e. The van der Waals surface area contributed by atoms with Gasteiger partial charge in [-0.05, 0) is 121 Å². The maximum Gasteiger partial charge on any atom is 0.268 e. The number of ether oxygens (including phenoxy) is 2. The molecule has 0 unspecified atom stereocenters. The van der Waals surface area contributed by atoms with Crippen LogP contribution < -0.4 is 19.7 Å². The number of carbonyl (C=O) groups is 1. The molecule has 13 heteroatoms. The zero-order valence-corrected chi connectivity index (χ0v) is 35.9. The van der Waals surface area contributed by atoms with Gasteiger partial charge in [0.25, 0.3) is 15.9 Å². The average molecular weight is 857 g/mol. The summed E-state index contributed by atoms with van der Waals surface area (Å²) < 4.78 is 41.4. The monoisotopic (exact) mass is 855 g/mol. The number of carbonyl (C=O) groups excluding carboxylic acids is 1. The third-order valence-electron chi connectivity index (χ3n) is 11.9. The number of H-pyrrole nitrogens is 1. The summed E-state index contributed by atoms with van der Waals surface area (Å²) in [5.41, 5.74) is 7.06. The van der Waals surface area contributed by atoms with Crippen LogP contribution in [-0.2, 0) is 14.8 Å². The third kappa shape index (κ3) is 9.93. The Kier molecular flexibility index (Phi) is 12.3. The van der Waals surface area contributed by atoms with E-state index >= 15 is 0 Å². The number of aromatic amines is 1. The highest BCUT2D eigenvalue weighted by Crippen LogP contribution is 2.43. The molecule has 3 N–H and O–H groups in total. The van der Waals surface area contributed by atoms with Crippen LogP contribution in [0.5, 0.6) is 11.5 Å². The van der Waals surface area contributed by atoms with Gasteiger partial charge in [0.15, 0.2) is 0 Å². The third-order valence-corrected chi connectivity index (χ3v) is 13.9. The van der Waals surface area contributed by atoms with E-state index in [-0.39, 0.29) is 26.6 Å². The fraction of sp³-hybridized carbons (Fsp3) is 0.370. The number of halogens is 2. The second-order valence-electron chi connectivity index (χ2n) is 16.7. The minimum atomic E-state index is -4.34. The van der Waals surface area contributed by atoms with Gasteiger partial charge < -0.3 is 24.7 Å². The Hall–Kier alpha value is -4.52. The number of sulfonamides is 1. The standard InChI is InChI=1S/C46H51Cl2N5O5S/c1-46(2)17-13-34(40(28-46)32-3-5-35(47)6-4-32)30-52-19-21-53(22-20-52)37-8-10-39(43(27-37)58-38-9-11-42-33(25-38)14-18-49-42)45(54)51-59(55,56)44-12-7-36(26-41(44)48)50-29-31-15-23-57-24-16-31/h3-12,14,18,25-27,31,49-50H,13,15-17,19-24,28-30H2,1-2H3,(H,51,54). The molecule has 1 aromatic heterocycles. The highest BCUT2D eigenvalue weighted by atomic mass is 35.5. The van der Waals surface area contributed by atoms with Crippen LogP contribution in [0, 0.1) is 11.3 Å². The van der Waals surface area contributed by atoms with Gasteiger partial charge in [0.1, 0.15) is 16.4 Å². The van der Waals surface area contributed by atoms with Gasteiger partial charge in [-0.15, -0.1) is 0 Å². The van der Waals surface area contributed by atoms with E-state index in [2.05, 4.69) is 50.8 Å². The zero-order valence-electron chi connectivity index (χ0n) is 33.5. The molecule has 2 fully saturated rings. The molecule has 0 spiro atoms. The van der Waals surface area contributed by atoms with Crippen molar-refractivity contribution < 1.29 is 22.7 Å². The van der Waals surface area contributed by atoms with Crippen molar-refractivity contribution in [2.75, 3.05) is 62.7 Å². The van der Waals surface area contributed by atoms with Gasteiger partial charge >= 0.3 is 0 Å². The van der Waals surface area contributed by atoms with Crippen LogP contribution >= 0.6 is 23.2 Å². The minimum absolute atomic E-state index is 0.0119. The SMILES string of the molecule is CC1(C)CCC(CN2CCN(c3ccc(C(=O)NS(=O)(=O)c4ccc(NCC5CCOCC5)cc4Cl)c(Oc4ccc5[nH]ccc5c4)c3)CC2)=C(c2ccc(Cl)cc2)C1. The van der Waals surface area contributed by atoms with E-state index < -0.39 is 15.9 Å². The lowest BCUT2D eigenvalue weighted by Crippen LogP contribution is -2.47. The van der Waals surface area contributed by atoms with Gasteiger partial charge in [0.05, 0.1) is 10.6 Å². The van der Waals surface area contributed by atoms with E-state index in [0.717, 1.165) is 106 Å². The summed E-state index contributed by atoms with van der Waals surface area (Å²) in [6.45, 7) is 11.1. The van der Waals surface area contributed by atoms with Gasteiger partial charge in [-0.2, -0.15) is 0 Å². The lowest BCUT2D eigenvalue weighted by Gasteiger charge is -2.39. The van der Waals surface area contributed by atoms with Crippen LogP contribution in [0.25, 0.3) is 16.5 Å². The first kappa shape index (κ1) is 41.2. The van der Waals surface area contributed by atoms with Crippen molar-refractivity contribution in [1.29, 1.82) is 0 Å². The molecule has 3 heterocycles. The fourth-order valence-electron chi connectivity index (χ4n) is 8.37. The Labute approximate surface area is 356 Å². The maximum atomic E-state index is 13.9. The second-order valence-corrected chi connectivity index (χ2v) is 19.2. The number of fused-ring (bicyclic) bond motifs is 1. The summed E-state index contributed by atoms with van der Waals surface area (Å²) in [5.74, 6) is 0.406. The van der Waals surface area contributed by atoms with E-state index in [0.29, 0.717) is 17.4 Å². The summed E-state index contributed by atoms with van der Waals surface area (Å²) in [6.07, 6.45) is 7.06. The van der Waals surface area contributed by atoms with Crippen molar-refractivity contribution in [2.24, 2.45) is 11.3 Å². The largest absolute Gasteiger partial charge is 0.456 e. The molecule has 2 aliphatic heterocycles. The predicted molar refractivity (Wildman–Crippen MR) is 238 cm³/mol. The van der Waals surface area contributed by atoms with E-state index in [9.17, 15) is 13.2 Å². The Morgan fingerprint density at radius 3 is 2.47 bits per heavy atom. The van der Waals surface area contributed by atoms with E-state index in [1.165, 1.54) is 22.8 Å². The van der Waals surface area contributed by atoms with Crippen LogP contribution in [0.1, 0.15) is 61.9 Å². The van der Waals surface area contributed by atoms with Crippen LogP contribution in [-0.4, -0.2) is 76.7 Å². The lowest BCUT2D eigenvalue weighted by molar-refractivity contribution is 0.0699. The summed E-state index contributed by atoms with van der Waals surface area (Å²) >= 11 is 12.8. The van der Waals surface area contributed by atoms with E-state index in [1.54, 1.807) is 18.2 Å². The Morgan fingerprint density at radius 1 is 0.932 bits per heavy atom. The number of nitrogens with zero attached hydrogens (tertiary/aromatic N) is 2. The number of piperazine rings is 1. The summed E-state index contributed by atoms with van der Waals surface area (Å²) in [5, 5.41) is 5.06. The number of amides is 1. The number of anilines is 2. The van der Waals surface area contributed by atoms with Crippen molar-refractivity contribution >= 4 is 67.0 Å². The molecule has 4 aromatic carbocycles. The molecular weight excluding hydrogens is 806 g/mol. The van der Waals surface area contributed by atoms with Crippen LogP contribution in [0.4, 0.5) is 11.4 Å². The fourth-order valence-corrected chi connectivity index (χ4v) is 10.0. The lowest BCUT2D eigenvalue weighted by atomic mass is 9.72. The van der Waals surface area contributed by atoms with E-state index in [1.807, 2.05) is 54.7 Å². The molecule has 3 aliphatic rings. The highest BCUT2D eigenvalue weighted by molar-refractivity contribution is 7.90. The number of benzene rings is 4. The summed E-state index contributed by atoms with van der Waals surface area (Å²) in [4.78, 5) is 21.7. The number of allylic oxidation sites excluding steroid dienone is 1. The van der Waals surface area contributed by atoms with Crippen molar-refractivity contribution in [1.82, 2.24) is 14.6 Å². The first-order valence-electron chi connectivity index (χ1n) is 20.4. The quantitative estimate of drug-likeness (QED) is 0.114. The molecule has 1 aliphatic carbocycles. The van der Waals surface area contributed by atoms with Gasteiger partial charge in [0.2, 0.25) is 0 Å². The number of hydrogen-bond donors (Lipinski definition) is 3. The molecule has 310 valence electrons. The summed E-state index contributed by atoms with van der Waals surface area (Å²) in [7, 11) is -4.34. The highest BCUT2D eigenvalue weighted by Gasteiger charge is 2.30. The van der Waals surface area contributed by atoms with Crippen LogP contribution in [0.3, 0.4) is 0 Å².